The lowest BCUT2D eigenvalue weighted by Gasteiger charge is -2.37. The van der Waals surface area contributed by atoms with Crippen molar-refractivity contribution >= 4 is 17.7 Å². The maximum absolute atomic E-state index is 13.9. The number of imidazole rings is 1. The molecule has 0 N–H and O–H groups in total. The zero-order chi connectivity index (χ0) is 25.2. The molecule has 0 bridgehead atoms. The van der Waals surface area contributed by atoms with E-state index in [1.807, 2.05) is 47.8 Å². The normalized spacial score (nSPS) is 22.8. The van der Waals surface area contributed by atoms with Crippen LogP contribution < -0.4 is 4.74 Å². The van der Waals surface area contributed by atoms with E-state index in [0.29, 0.717) is 30.9 Å². The maximum Gasteiger partial charge on any atom is 0.240 e. The highest BCUT2D eigenvalue weighted by Gasteiger charge is 2.54. The van der Waals surface area contributed by atoms with Crippen LogP contribution in [0.25, 0.3) is 0 Å². The van der Waals surface area contributed by atoms with E-state index in [0.717, 1.165) is 25.1 Å². The van der Waals surface area contributed by atoms with Gasteiger partial charge < -0.3 is 19.1 Å². The van der Waals surface area contributed by atoms with E-state index in [2.05, 4.69) is 4.98 Å². The second-order valence-corrected chi connectivity index (χ2v) is 9.82. The minimum atomic E-state index is -1.25. The molecule has 1 aromatic carbocycles. The standard InChI is InChI=1S/C26H35N5O4/c1-28(2)14-15-31-23(33)18-26(25(31)34,19-8-7-9-20(16-19)35-4)17-22(32)30-12-6-5-10-21(30)24-27-11-13-29(24)3/h7-9,11,13,16,21H,5-6,10,12,14-15,17-18H2,1-4H3/t21-,26+/m1/s1. The third-order valence-electron chi connectivity index (χ3n) is 7.23. The number of nitrogens with zero attached hydrogens (tertiary/aromatic N) is 5. The predicted molar refractivity (Wildman–Crippen MR) is 131 cm³/mol. The molecular formula is C26H35N5O4. The number of carbonyl (C=O) groups excluding carboxylic acids is 3. The van der Waals surface area contributed by atoms with Crippen molar-refractivity contribution in [3.05, 3.63) is 48.0 Å². The molecular weight excluding hydrogens is 446 g/mol. The van der Waals surface area contributed by atoms with E-state index >= 15 is 0 Å². The minimum Gasteiger partial charge on any atom is -0.497 e. The first-order valence-corrected chi connectivity index (χ1v) is 12.2. The number of aromatic nitrogens is 2. The van der Waals surface area contributed by atoms with Crippen LogP contribution in [0.4, 0.5) is 0 Å². The highest BCUT2D eigenvalue weighted by molar-refractivity contribution is 6.10. The van der Waals surface area contributed by atoms with Crippen molar-refractivity contribution in [2.24, 2.45) is 7.05 Å². The molecule has 9 nitrogen and oxygen atoms in total. The highest BCUT2D eigenvalue weighted by Crippen LogP contribution is 2.42. The Labute approximate surface area is 206 Å². The molecule has 0 aliphatic carbocycles. The Kier molecular flexibility index (Phi) is 7.25. The lowest BCUT2D eigenvalue weighted by molar-refractivity contribution is -0.144. The smallest absolute Gasteiger partial charge is 0.240 e. The van der Waals surface area contributed by atoms with E-state index in [1.165, 1.54) is 4.90 Å². The number of ether oxygens (including phenoxy) is 1. The molecule has 2 fully saturated rings. The molecule has 3 amide bonds. The first kappa shape index (κ1) is 24.9. The Morgan fingerprint density at radius 1 is 1.26 bits per heavy atom. The van der Waals surface area contributed by atoms with Crippen LogP contribution in [0.15, 0.2) is 36.7 Å². The van der Waals surface area contributed by atoms with Gasteiger partial charge in [-0.25, -0.2) is 4.98 Å². The molecule has 0 unspecified atom stereocenters. The number of imide groups is 1. The molecule has 188 valence electrons. The van der Waals surface area contributed by atoms with Crippen LogP contribution in [0.3, 0.4) is 0 Å². The molecule has 2 atom stereocenters. The van der Waals surface area contributed by atoms with Crippen molar-refractivity contribution in [2.45, 2.75) is 43.6 Å². The van der Waals surface area contributed by atoms with Gasteiger partial charge in [-0.15, -0.1) is 0 Å². The Hall–Kier alpha value is -3.20. The van der Waals surface area contributed by atoms with Crippen LogP contribution in [-0.2, 0) is 26.8 Å². The van der Waals surface area contributed by atoms with E-state index in [9.17, 15) is 14.4 Å². The quantitative estimate of drug-likeness (QED) is 0.537. The van der Waals surface area contributed by atoms with Crippen molar-refractivity contribution in [2.75, 3.05) is 40.8 Å². The lowest BCUT2D eigenvalue weighted by atomic mass is 9.75. The van der Waals surface area contributed by atoms with Gasteiger partial charge in [-0.3, -0.25) is 19.3 Å². The van der Waals surface area contributed by atoms with E-state index in [1.54, 1.807) is 31.5 Å². The number of benzene rings is 1. The summed E-state index contributed by atoms with van der Waals surface area (Å²) in [5, 5.41) is 0. The molecule has 2 saturated heterocycles. The molecule has 2 aliphatic heterocycles. The molecule has 35 heavy (non-hydrogen) atoms. The maximum atomic E-state index is 13.9. The molecule has 0 saturated carbocycles. The number of methoxy groups -OCH3 is 1. The van der Waals surface area contributed by atoms with E-state index in [-0.39, 0.29) is 36.6 Å². The number of aryl methyl sites for hydroxylation is 1. The van der Waals surface area contributed by atoms with Gasteiger partial charge in [0.2, 0.25) is 17.7 Å². The molecule has 2 aromatic rings. The first-order valence-electron chi connectivity index (χ1n) is 12.2. The van der Waals surface area contributed by atoms with Crippen LogP contribution in [0.2, 0.25) is 0 Å². The molecule has 4 rings (SSSR count). The van der Waals surface area contributed by atoms with Gasteiger partial charge in [0, 0.05) is 51.9 Å². The molecule has 3 heterocycles. The Morgan fingerprint density at radius 3 is 2.74 bits per heavy atom. The average Bonchev–Trinajstić information content (AvgIpc) is 3.38. The molecule has 0 radical (unpaired) electrons. The van der Waals surface area contributed by atoms with Gasteiger partial charge in [0.25, 0.3) is 0 Å². The summed E-state index contributed by atoms with van der Waals surface area (Å²) in [5.74, 6) is 0.750. The number of carbonyl (C=O) groups is 3. The Balaban J connectivity index is 1.69. The molecule has 1 aromatic heterocycles. The summed E-state index contributed by atoms with van der Waals surface area (Å²) < 4.78 is 7.35. The van der Waals surface area contributed by atoms with Gasteiger partial charge >= 0.3 is 0 Å². The summed E-state index contributed by atoms with van der Waals surface area (Å²) in [6.07, 6.45) is 6.27. The average molecular weight is 482 g/mol. The van der Waals surface area contributed by atoms with Gasteiger partial charge in [-0.1, -0.05) is 12.1 Å². The predicted octanol–water partition coefficient (Wildman–Crippen LogP) is 2.13. The third kappa shape index (κ3) is 4.82. The summed E-state index contributed by atoms with van der Waals surface area (Å²) in [4.78, 5) is 50.5. The number of likely N-dealkylation sites (tertiary alicyclic amines) is 2. The van der Waals surface area contributed by atoms with Crippen molar-refractivity contribution < 1.29 is 19.1 Å². The molecule has 9 heteroatoms. The largest absolute Gasteiger partial charge is 0.497 e. The second-order valence-electron chi connectivity index (χ2n) is 9.82. The number of rotatable bonds is 8. The van der Waals surface area contributed by atoms with E-state index in [4.69, 9.17) is 4.74 Å². The Morgan fingerprint density at radius 2 is 2.06 bits per heavy atom. The van der Waals surface area contributed by atoms with Crippen LogP contribution in [-0.4, -0.2) is 82.8 Å². The number of piperidine rings is 1. The summed E-state index contributed by atoms with van der Waals surface area (Å²) in [7, 11) is 7.29. The third-order valence-corrected chi connectivity index (χ3v) is 7.23. The second kappa shape index (κ2) is 10.2. The molecule has 2 aliphatic rings. The fourth-order valence-corrected chi connectivity index (χ4v) is 5.27. The Bertz CT molecular complexity index is 1100. The number of hydrogen-bond donors (Lipinski definition) is 0. The highest BCUT2D eigenvalue weighted by atomic mass is 16.5. The zero-order valence-electron chi connectivity index (χ0n) is 21.1. The summed E-state index contributed by atoms with van der Waals surface area (Å²) >= 11 is 0. The van der Waals surface area contributed by atoms with Crippen molar-refractivity contribution in [1.29, 1.82) is 0 Å². The van der Waals surface area contributed by atoms with Gasteiger partial charge in [0.05, 0.1) is 18.6 Å². The van der Waals surface area contributed by atoms with Crippen molar-refractivity contribution in [3.8, 4) is 5.75 Å². The van der Waals surface area contributed by atoms with Gasteiger partial charge in [0.15, 0.2) is 0 Å². The van der Waals surface area contributed by atoms with Gasteiger partial charge in [-0.05, 0) is 51.1 Å². The fourth-order valence-electron chi connectivity index (χ4n) is 5.27. The van der Waals surface area contributed by atoms with Crippen molar-refractivity contribution in [1.82, 2.24) is 24.3 Å². The summed E-state index contributed by atoms with van der Waals surface area (Å²) in [5.41, 5.74) is -0.611. The number of amides is 3. The zero-order valence-corrected chi connectivity index (χ0v) is 21.1. The van der Waals surface area contributed by atoms with Gasteiger partial charge in [-0.2, -0.15) is 0 Å². The van der Waals surface area contributed by atoms with Gasteiger partial charge in [0.1, 0.15) is 11.6 Å². The van der Waals surface area contributed by atoms with E-state index < -0.39 is 5.41 Å². The van der Waals surface area contributed by atoms with Crippen LogP contribution >= 0.6 is 0 Å². The number of hydrogen-bond acceptors (Lipinski definition) is 6. The van der Waals surface area contributed by atoms with Crippen LogP contribution in [0.5, 0.6) is 5.75 Å². The summed E-state index contributed by atoms with van der Waals surface area (Å²) in [6.45, 7) is 1.47. The summed E-state index contributed by atoms with van der Waals surface area (Å²) in [6, 6.07) is 7.06. The topological polar surface area (TPSA) is 88.0 Å². The molecule has 0 spiro atoms. The van der Waals surface area contributed by atoms with Crippen LogP contribution in [0.1, 0.15) is 49.5 Å². The SMILES string of the molecule is COc1cccc([C@]2(CC(=O)N3CCCC[C@@H]3c3nccn3C)CC(=O)N(CCN(C)C)C2=O)c1. The minimum absolute atomic E-state index is 0.0287. The van der Waals surface area contributed by atoms with Crippen LogP contribution in [0, 0.1) is 0 Å². The first-order chi connectivity index (χ1) is 16.8. The van der Waals surface area contributed by atoms with Crippen molar-refractivity contribution in [3.63, 3.8) is 0 Å². The number of likely N-dealkylation sites (N-methyl/N-ethyl adjacent to an activating group) is 1. The lowest BCUT2D eigenvalue weighted by Crippen LogP contribution is -2.46. The fraction of sp³-hybridized carbons (Fsp3) is 0.538. The monoisotopic (exact) mass is 481 g/mol.